The molecule has 0 bridgehead atoms. The van der Waals surface area contributed by atoms with Gasteiger partial charge in [0.25, 0.3) is 5.91 Å². The van der Waals surface area contributed by atoms with Gasteiger partial charge < -0.3 is 14.6 Å². The van der Waals surface area contributed by atoms with Crippen molar-refractivity contribution < 1.29 is 29.4 Å². The standard InChI is InChI=1S/C22H23N3O6/c1-30-20-12-9-16(13-18(20)26)19(5-3-2-4-6-21(27)25-29)31-22(28)24-17-10-7-15(14-23)8-11-17/h4,6-13,19,26,29H,2-3,5H2,1H3,(H,24,28)(H,25,27)/b6-4+/t19-/m0/s1. The molecule has 9 heteroatoms. The van der Waals surface area contributed by atoms with E-state index in [1.54, 1.807) is 42.5 Å². The van der Waals surface area contributed by atoms with E-state index in [0.717, 1.165) is 0 Å². The number of nitrogens with zero attached hydrogens (tertiary/aromatic N) is 1. The highest BCUT2D eigenvalue weighted by Crippen LogP contribution is 2.32. The van der Waals surface area contributed by atoms with Crippen molar-refractivity contribution >= 4 is 17.7 Å². The van der Waals surface area contributed by atoms with E-state index in [0.29, 0.717) is 41.8 Å². The van der Waals surface area contributed by atoms with Gasteiger partial charge in [0.2, 0.25) is 0 Å². The quantitative estimate of drug-likeness (QED) is 0.207. The second-order valence-electron chi connectivity index (χ2n) is 6.45. The Kier molecular flexibility index (Phi) is 8.89. The van der Waals surface area contributed by atoms with Gasteiger partial charge >= 0.3 is 6.09 Å². The van der Waals surface area contributed by atoms with Crippen molar-refractivity contribution in [1.82, 2.24) is 5.48 Å². The topological polar surface area (TPSA) is 141 Å². The number of carbonyl (C=O) groups is 2. The van der Waals surface area contributed by atoms with Crippen molar-refractivity contribution in [1.29, 1.82) is 5.26 Å². The summed E-state index contributed by atoms with van der Waals surface area (Å²) in [5.74, 6) is -0.419. The van der Waals surface area contributed by atoms with Crippen LogP contribution in [0.15, 0.2) is 54.6 Å². The van der Waals surface area contributed by atoms with Crippen molar-refractivity contribution in [2.75, 3.05) is 12.4 Å². The maximum Gasteiger partial charge on any atom is 0.412 e. The van der Waals surface area contributed by atoms with Gasteiger partial charge in [0.15, 0.2) is 11.5 Å². The number of nitrogens with one attached hydrogen (secondary N) is 2. The molecular weight excluding hydrogens is 402 g/mol. The molecule has 162 valence electrons. The summed E-state index contributed by atoms with van der Waals surface area (Å²) < 4.78 is 10.6. The normalized spacial score (nSPS) is 11.4. The third kappa shape index (κ3) is 7.38. The van der Waals surface area contributed by atoms with Crippen molar-refractivity contribution in [3.05, 3.63) is 65.7 Å². The molecule has 0 unspecified atom stereocenters. The molecular formula is C22H23N3O6. The molecule has 2 aromatic carbocycles. The molecule has 4 N–H and O–H groups in total. The molecule has 0 saturated heterocycles. The van der Waals surface area contributed by atoms with Crippen molar-refractivity contribution in [3.8, 4) is 17.6 Å². The van der Waals surface area contributed by atoms with Crippen LogP contribution in [-0.4, -0.2) is 29.4 Å². The number of rotatable bonds is 9. The lowest BCUT2D eigenvalue weighted by Crippen LogP contribution is -2.17. The summed E-state index contributed by atoms with van der Waals surface area (Å²) in [5, 5.41) is 30.0. The van der Waals surface area contributed by atoms with E-state index in [9.17, 15) is 14.7 Å². The van der Waals surface area contributed by atoms with Crippen LogP contribution in [0.1, 0.15) is 36.5 Å². The fourth-order valence-electron chi connectivity index (χ4n) is 2.75. The van der Waals surface area contributed by atoms with Crippen LogP contribution in [0.5, 0.6) is 11.5 Å². The average Bonchev–Trinajstić information content (AvgIpc) is 2.78. The first-order valence-electron chi connectivity index (χ1n) is 9.42. The highest BCUT2D eigenvalue weighted by molar-refractivity contribution is 5.86. The van der Waals surface area contributed by atoms with Crippen LogP contribution in [0.3, 0.4) is 0 Å². The predicted octanol–water partition coefficient (Wildman–Crippen LogP) is 3.79. The molecule has 0 aliphatic heterocycles. The number of nitriles is 1. The van der Waals surface area contributed by atoms with Gasteiger partial charge in [0.05, 0.1) is 18.7 Å². The summed E-state index contributed by atoms with van der Waals surface area (Å²) >= 11 is 0. The number of hydroxylamine groups is 1. The molecule has 0 aliphatic carbocycles. The number of allylic oxidation sites excluding steroid dienone is 1. The third-order valence-corrected chi connectivity index (χ3v) is 4.30. The second kappa shape index (κ2) is 11.8. The number of phenolic OH excluding ortho intramolecular Hbond substituents is 1. The van der Waals surface area contributed by atoms with Gasteiger partial charge in [0, 0.05) is 11.8 Å². The minimum atomic E-state index is -0.694. The lowest BCUT2D eigenvalue weighted by atomic mass is 10.0. The molecule has 1 atom stereocenters. The number of methoxy groups -OCH3 is 1. The number of aromatic hydroxyl groups is 1. The SMILES string of the molecule is COc1ccc([C@H](CCC/C=C/C(=O)NO)OC(=O)Nc2ccc(C#N)cc2)cc1O. The number of carbonyl (C=O) groups excluding carboxylic acids is 2. The molecule has 0 aromatic heterocycles. The molecule has 0 spiro atoms. The number of unbranched alkanes of at least 4 members (excludes halogenated alkanes) is 1. The number of ether oxygens (including phenoxy) is 2. The summed E-state index contributed by atoms with van der Waals surface area (Å²) in [6.45, 7) is 0. The Morgan fingerprint density at radius 3 is 2.58 bits per heavy atom. The number of hydrogen-bond acceptors (Lipinski definition) is 7. The van der Waals surface area contributed by atoms with Crippen LogP contribution in [0, 0.1) is 11.3 Å². The highest BCUT2D eigenvalue weighted by Gasteiger charge is 2.18. The third-order valence-electron chi connectivity index (χ3n) is 4.30. The molecule has 9 nitrogen and oxygen atoms in total. The van der Waals surface area contributed by atoms with E-state index >= 15 is 0 Å². The van der Waals surface area contributed by atoms with Crippen molar-refractivity contribution in [2.24, 2.45) is 0 Å². The van der Waals surface area contributed by atoms with E-state index in [1.807, 2.05) is 6.07 Å². The van der Waals surface area contributed by atoms with Crippen molar-refractivity contribution in [2.45, 2.75) is 25.4 Å². The van der Waals surface area contributed by atoms with Gasteiger partial charge in [-0.05, 0) is 61.2 Å². The smallest absolute Gasteiger partial charge is 0.412 e. The Balaban J connectivity index is 2.07. The van der Waals surface area contributed by atoms with Crippen molar-refractivity contribution in [3.63, 3.8) is 0 Å². The maximum absolute atomic E-state index is 12.4. The lowest BCUT2D eigenvalue weighted by Gasteiger charge is -2.19. The van der Waals surface area contributed by atoms with Crippen LogP contribution < -0.4 is 15.5 Å². The van der Waals surface area contributed by atoms with Gasteiger partial charge in [-0.25, -0.2) is 10.3 Å². The summed E-state index contributed by atoms with van der Waals surface area (Å²) in [5.41, 5.74) is 3.01. The Bertz CT molecular complexity index is 966. The van der Waals surface area contributed by atoms with Gasteiger partial charge in [-0.1, -0.05) is 12.1 Å². The summed E-state index contributed by atoms with van der Waals surface area (Å²) in [6.07, 6.45) is 2.91. The molecule has 0 saturated carbocycles. The second-order valence-corrected chi connectivity index (χ2v) is 6.45. The largest absolute Gasteiger partial charge is 0.504 e. The molecule has 0 heterocycles. The number of phenols is 1. The van der Waals surface area contributed by atoms with Gasteiger partial charge in [0.1, 0.15) is 6.10 Å². The van der Waals surface area contributed by atoms with Gasteiger partial charge in [-0.3, -0.25) is 15.3 Å². The van der Waals surface area contributed by atoms with E-state index < -0.39 is 18.1 Å². The first-order valence-corrected chi connectivity index (χ1v) is 9.42. The average molecular weight is 425 g/mol. The highest BCUT2D eigenvalue weighted by atomic mass is 16.6. The Labute approximate surface area is 179 Å². The molecule has 0 fully saturated rings. The van der Waals surface area contributed by atoms with E-state index in [-0.39, 0.29) is 5.75 Å². The summed E-state index contributed by atoms with van der Waals surface area (Å²) in [4.78, 5) is 23.4. The zero-order valence-electron chi connectivity index (χ0n) is 16.9. The lowest BCUT2D eigenvalue weighted by molar-refractivity contribution is -0.124. The zero-order valence-corrected chi connectivity index (χ0v) is 16.9. The summed E-state index contributed by atoms with van der Waals surface area (Å²) in [7, 11) is 1.43. The number of benzene rings is 2. The Morgan fingerprint density at radius 2 is 1.97 bits per heavy atom. The van der Waals surface area contributed by atoms with Crippen LogP contribution in [-0.2, 0) is 9.53 Å². The van der Waals surface area contributed by atoms with E-state index in [4.69, 9.17) is 19.9 Å². The molecule has 2 rings (SSSR count). The molecule has 2 aromatic rings. The fraction of sp³-hybridized carbons (Fsp3) is 0.227. The molecule has 0 aliphatic rings. The number of amides is 2. The molecule has 2 amide bonds. The van der Waals surface area contributed by atoms with Gasteiger partial charge in [-0.15, -0.1) is 0 Å². The monoisotopic (exact) mass is 425 g/mol. The fourth-order valence-corrected chi connectivity index (χ4v) is 2.75. The van der Waals surface area contributed by atoms with Crippen LogP contribution in [0.2, 0.25) is 0 Å². The molecule has 31 heavy (non-hydrogen) atoms. The Morgan fingerprint density at radius 1 is 1.23 bits per heavy atom. The minimum Gasteiger partial charge on any atom is -0.504 e. The number of anilines is 1. The minimum absolute atomic E-state index is 0.0828. The first-order chi connectivity index (χ1) is 15.0. The van der Waals surface area contributed by atoms with E-state index in [2.05, 4.69) is 5.32 Å². The number of hydrogen-bond donors (Lipinski definition) is 4. The predicted molar refractivity (Wildman–Crippen MR) is 112 cm³/mol. The Hall–Kier alpha value is -4.03. The van der Waals surface area contributed by atoms with Crippen LogP contribution in [0.4, 0.5) is 10.5 Å². The van der Waals surface area contributed by atoms with Gasteiger partial charge in [-0.2, -0.15) is 5.26 Å². The first kappa shape index (κ1) is 23.3. The zero-order chi connectivity index (χ0) is 22.6. The van der Waals surface area contributed by atoms with Crippen LogP contribution >= 0.6 is 0 Å². The maximum atomic E-state index is 12.4. The molecule has 0 radical (unpaired) electrons. The van der Waals surface area contributed by atoms with E-state index in [1.165, 1.54) is 24.7 Å². The van der Waals surface area contributed by atoms with Crippen LogP contribution in [0.25, 0.3) is 0 Å². The summed E-state index contributed by atoms with van der Waals surface area (Å²) in [6, 6.07) is 13.0.